The van der Waals surface area contributed by atoms with Gasteiger partial charge in [0.15, 0.2) is 5.82 Å². The first-order chi connectivity index (χ1) is 12.2. The van der Waals surface area contributed by atoms with Crippen LogP contribution in [0.25, 0.3) is 11.4 Å². The summed E-state index contributed by atoms with van der Waals surface area (Å²) in [5.74, 6) is 3.06. The summed E-state index contributed by atoms with van der Waals surface area (Å²) in [6.07, 6.45) is 8.96. The van der Waals surface area contributed by atoms with Crippen molar-refractivity contribution < 1.29 is 0 Å². The molecule has 0 aromatic carbocycles. The molecular weight excluding hydrogens is 312 g/mol. The Morgan fingerprint density at radius 3 is 2.76 bits per heavy atom. The van der Waals surface area contributed by atoms with Crippen LogP contribution < -0.4 is 0 Å². The average molecular weight is 338 g/mol. The molecule has 1 spiro atoms. The standard InChI is InChI=1S/C19H26N6/c1-23-13-17-21-22-18(16-3-2-8-20-11-16)25(17)19(14-23)6-9-24(10-7-19)12-15-4-5-15/h2-3,8,11,15H,4-7,9-10,12-14H2,1H3. The van der Waals surface area contributed by atoms with E-state index in [1.54, 1.807) is 0 Å². The van der Waals surface area contributed by atoms with Gasteiger partial charge in [0.25, 0.3) is 0 Å². The molecule has 1 aliphatic carbocycles. The van der Waals surface area contributed by atoms with Crippen LogP contribution >= 0.6 is 0 Å². The summed E-state index contributed by atoms with van der Waals surface area (Å²) in [5.41, 5.74) is 1.20. The van der Waals surface area contributed by atoms with Crippen LogP contribution in [0.15, 0.2) is 24.5 Å². The summed E-state index contributed by atoms with van der Waals surface area (Å²) >= 11 is 0. The van der Waals surface area contributed by atoms with Crippen molar-refractivity contribution >= 4 is 0 Å². The zero-order valence-electron chi connectivity index (χ0n) is 14.9. The number of hydrogen-bond donors (Lipinski definition) is 0. The van der Waals surface area contributed by atoms with E-state index in [1.165, 1.54) is 45.3 Å². The van der Waals surface area contributed by atoms with Crippen molar-refractivity contribution in [2.45, 2.75) is 37.8 Å². The highest BCUT2D eigenvalue weighted by Crippen LogP contribution is 2.39. The fourth-order valence-corrected chi connectivity index (χ4v) is 4.67. The van der Waals surface area contributed by atoms with E-state index in [2.05, 4.69) is 42.7 Å². The first-order valence-electron chi connectivity index (χ1n) is 9.50. The third kappa shape index (κ3) is 2.77. The van der Waals surface area contributed by atoms with E-state index < -0.39 is 0 Å². The first kappa shape index (κ1) is 15.5. The van der Waals surface area contributed by atoms with Crippen LogP contribution in [0.3, 0.4) is 0 Å². The molecule has 0 bridgehead atoms. The number of nitrogens with zero attached hydrogens (tertiary/aromatic N) is 6. The Bertz CT molecular complexity index is 743. The summed E-state index contributed by atoms with van der Waals surface area (Å²) in [4.78, 5) is 9.37. The number of hydrogen-bond acceptors (Lipinski definition) is 5. The van der Waals surface area contributed by atoms with Crippen LogP contribution in [-0.2, 0) is 12.1 Å². The SMILES string of the molecule is CN1Cc2nnc(-c3cccnc3)n2C2(CCN(CC3CC3)CC2)C1. The van der Waals surface area contributed by atoms with Crippen LogP contribution in [0.5, 0.6) is 0 Å². The van der Waals surface area contributed by atoms with E-state index in [9.17, 15) is 0 Å². The van der Waals surface area contributed by atoms with Gasteiger partial charge < -0.3 is 9.47 Å². The number of rotatable bonds is 3. The van der Waals surface area contributed by atoms with Gasteiger partial charge >= 0.3 is 0 Å². The molecule has 2 aliphatic heterocycles. The largest absolute Gasteiger partial charge is 0.303 e. The minimum atomic E-state index is 0.122. The maximum absolute atomic E-state index is 4.56. The molecule has 5 rings (SSSR count). The zero-order chi connectivity index (χ0) is 16.9. The average Bonchev–Trinajstić information content (AvgIpc) is 3.34. The number of pyridine rings is 1. The van der Waals surface area contributed by atoms with Crippen LogP contribution in [0.2, 0.25) is 0 Å². The molecule has 1 saturated heterocycles. The molecule has 6 heteroatoms. The van der Waals surface area contributed by atoms with E-state index in [4.69, 9.17) is 0 Å². The Morgan fingerprint density at radius 2 is 2.04 bits per heavy atom. The highest BCUT2D eigenvalue weighted by atomic mass is 15.4. The lowest BCUT2D eigenvalue weighted by atomic mass is 9.84. The van der Waals surface area contributed by atoms with Gasteiger partial charge in [-0.2, -0.15) is 0 Å². The van der Waals surface area contributed by atoms with Crippen molar-refractivity contribution in [3.63, 3.8) is 0 Å². The normalized spacial score (nSPS) is 23.7. The molecule has 3 aliphatic rings. The fraction of sp³-hybridized carbons (Fsp3) is 0.632. The molecule has 0 radical (unpaired) electrons. The summed E-state index contributed by atoms with van der Waals surface area (Å²) in [6.45, 7) is 5.64. The molecule has 6 nitrogen and oxygen atoms in total. The third-order valence-corrected chi connectivity index (χ3v) is 6.10. The Hall–Kier alpha value is -1.79. The van der Waals surface area contributed by atoms with Crippen molar-refractivity contribution in [1.82, 2.24) is 29.5 Å². The monoisotopic (exact) mass is 338 g/mol. The van der Waals surface area contributed by atoms with Gasteiger partial charge in [-0.05, 0) is 50.8 Å². The highest BCUT2D eigenvalue weighted by molar-refractivity contribution is 5.54. The number of piperidine rings is 1. The quantitative estimate of drug-likeness (QED) is 0.857. The Kier molecular flexibility index (Phi) is 3.64. The van der Waals surface area contributed by atoms with E-state index in [1.807, 2.05) is 18.5 Å². The van der Waals surface area contributed by atoms with Gasteiger partial charge in [-0.25, -0.2) is 0 Å². The van der Waals surface area contributed by atoms with E-state index in [0.717, 1.165) is 36.2 Å². The first-order valence-corrected chi connectivity index (χ1v) is 9.50. The molecule has 0 atom stereocenters. The van der Waals surface area contributed by atoms with Gasteiger partial charge in [0.1, 0.15) is 5.82 Å². The lowest BCUT2D eigenvalue weighted by Gasteiger charge is -2.48. The van der Waals surface area contributed by atoms with E-state index in [0.29, 0.717) is 0 Å². The van der Waals surface area contributed by atoms with Crippen LogP contribution in [0.1, 0.15) is 31.5 Å². The lowest BCUT2D eigenvalue weighted by molar-refractivity contribution is 0.0502. The molecule has 4 heterocycles. The van der Waals surface area contributed by atoms with Crippen molar-refractivity contribution in [3.8, 4) is 11.4 Å². The van der Waals surface area contributed by atoms with Gasteiger partial charge in [-0.15, -0.1) is 10.2 Å². The lowest BCUT2D eigenvalue weighted by Crippen LogP contribution is -2.55. The third-order valence-electron chi connectivity index (χ3n) is 6.10. The predicted octanol–water partition coefficient (Wildman–Crippen LogP) is 1.99. The van der Waals surface area contributed by atoms with Crippen molar-refractivity contribution in [3.05, 3.63) is 30.4 Å². The fourth-order valence-electron chi connectivity index (χ4n) is 4.67. The molecule has 2 fully saturated rings. The van der Waals surface area contributed by atoms with Crippen molar-refractivity contribution in [2.24, 2.45) is 5.92 Å². The second-order valence-corrected chi connectivity index (χ2v) is 8.16. The Morgan fingerprint density at radius 1 is 1.20 bits per heavy atom. The molecule has 0 N–H and O–H groups in total. The van der Waals surface area contributed by atoms with Gasteiger partial charge in [0, 0.05) is 44.1 Å². The summed E-state index contributed by atoms with van der Waals surface area (Å²) < 4.78 is 2.46. The molecule has 2 aromatic heterocycles. The van der Waals surface area contributed by atoms with Gasteiger partial charge in [-0.1, -0.05) is 0 Å². The summed E-state index contributed by atoms with van der Waals surface area (Å²) in [7, 11) is 2.21. The smallest absolute Gasteiger partial charge is 0.166 e. The Labute approximate surface area is 148 Å². The molecule has 0 unspecified atom stereocenters. The molecule has 25 heavy (non-hydrogen) atoms. The van der Waals surface area contributed by atoms with Gasteiger partial charge in [0.2, 0.25) is 0 Å². The van der Waals surface area contributed by atoms with Gasteiger partial charge in [0.05, 0.1) is 12.1 Å². The van der Waals surface area contributed by atoms with Gasteiger partial charge in [-0.3, -0.25) is 9.88 Å². The number of likely N-dealkylation sites (N-methyl/N-ethyl adjacent to an activating group) is 1. The highest BCUT2D eigenvalue weighted by Gasteiger charge is 2.44. The van der Waals surface area contributed by atoms with Crippen LogP contribution in [0.4, 0.5) is 0 Å². The summed E-state index contributed by atoms with van der Waals surface area (Å²) in [6, 6.07) is 4.08. The minimum Gasteiger partial charge on any atom is -0.303 e. The minimum absolute atomic E-state index is 0.122. The number of fused-ring (bicyclic) bond motifs is 2. The summed E-state index contributed by atoms with van der Waals surface area (Å²) in [5, 5.41) is 9.10. The molecule has 0 amide bonds. The topological polar surface area (TPSA) is 50.1 Å². The van der Waals surface area contributed by atoms with E-state index >= 15 is 0 Å². The predicted molar refractivity (Wildman–Crippen MR) is 96.0 cm³/mol. The van der Waals surface area contributed by atoms with Crippen LogP contribution in [0, 0.1) is 5.92 Å². The maximum atomic E-state index is 4.56. The molecule has 132 valence electrons. The van der Waals surface area contributed by atoms with Crippen molar-refractivity contribution in [1.29, 1.82) is 0 Å². The number of aromatic nitrogens is 4. The van der Waals surface area contributed by atoms with Crippen molar-refractivity contribution in [2.75, 3.05) is 33.2 Å². The zero-order valence-corrected chi connectivity index (χ0v) is 14.9. The number of likely N-dealkylation sites (tertiary alicyclic amines) is 1. The van der Waals surface area contributed by atoms with Crippen LogP contribution in [-0.4, -0.2) is 62.8 Å². The molecule has 2 aromatic rings. The second kappa shape index (κ2) is 5.88. The second-order valence-electron chi connectivity index (χ2n) is 8.16. The Balaban J connectivity index is 1.49. The maximum Gasteiger partial charge on any atom is 0.166 e. The molecule has 1 saturated carbocycles. The molecular formula is C19H26N6. The van der Waals surface area contributed by atoms with E-state index in [-0.39, 0.29) is 5.54 Å².